The van der Waals surface area contributed by atoms with Crippen molar-refractivity contribution in [2.75, 3.05) is 12.9 Å². The molecule has 6 rings (SSSR count). The van der Waals surface area contributed by atoms with Crippen molar-refractivity contribution >= 4 is 45.3 Å². The van der Waals surface area contributed by atoms with Crippen molar-refractivity contribution in [3.8, 4) is 0 Å². The van der Waals surface area contributed by atoms with Crippen LogP contribution in [0.5, 0.6) is 0 Å². The third-order valence-corrected chi connectivity index (χ3v) is 16.9. The van der Waals surface area contributed by atoms with Gasteiger partial charge in [-0.2, -0.15) is 8.42 Å². The SMILES string of the molecule is C=NOCC1(C(O[Si]C(C)(C)C)(c2ccccc2)c2ccccc2)OC(n2ccc(=O)[nH]c2=O)C(OS(C)(=O)=O)C1O[Si](c1ccccc1)(c1ccccc1)C(C)(C)C. The number of benzene rings is 4. The Morgan fingerprint density at radius 1 is 0.814 bits per heavy atom. The number of hydrogen-bond acceptors (Lipinski definition) is 10. The number of rotatable bonds is 15. The van der Waals surface area contributed by atoms with E-state index in [0.29, 0.717) is 11.1 Å². The number of hydrogen-bond donors (Lipinski definition) is 1. The highest BCUT2D eigenvalue weighted by Crippen LogP contribution is 2.57. The molecule has 59 heavy (non-hydrogen) atoms. The average Bonchev–Trinajstić information content (AvgIpc) is 3.48. The Hall–Kier alpha value is -4.75. The van der Waals surface area contributed by atoms with E-state index in [1.54, 1.807) is 0 Å². The fourth-order valence-corrected chi connectivity index (χ4v) is 14.2. The van der Waals surface area contributed by atoms with Crippen LogP contribution in [0, 0.1) is 0 Å². The van der Waals surface area contributed by atoms with Crippen LogP contribution >= 0.6 is 0 Å². The lowest BCUT2D eigenvalue weighted by Crippen LogP contribution is -2.73. The maximum absolute atomic E-state index is 13.9. The summed E-state index contributed by atoms with van der Waals surface area (Å²) in [5, 5.41) is 4.57. The van der Waals surface area contributed by atoms with Crippen LogP contribution in [0.15, 0.2) is 148 Å². The fourth-order valence-electron chi connectivity index (χ4n) is 8.03. The molecule has 0 saturated carbocycles. The highest BCUT2D eigenvalue weighted by molar-refractivity contribution is 7.86. The molecule has 1 aliphatic rings. The van der Waals surface area contributed by atoms with Gasteiger partial charge < -0.3 is 18.4 Å². The number of nitrogens with zero attached hydrogens (tertiary/aromatic N) is 2. The van der Waals surface area contributed by atoms with Crippen LogP contribution in [-0.4, -0.2) is 73.4 Å². The summed E-state index contributed by atoms with van der Waals surface area (Å²) < 4.78 is 57.5. The van der Waals surface area contributed by atoms with Crippen LogP contribution < -0.4 is 21.6 Å². The van der Waals surface area contributed by atoms with Crippen molar-refractivity contribution in [2.45, 2.75) is 81.3 Å². The number of H-pyrrole nitrogens is 1. The molecule has 2 heterocycles. The summed E-state index contributed by atoms with van der Waals surface area (Å²) in [5.74, 6) is 0. The van der Waals surface area contributed by atoms with Gasteiger partial charge in [0.1, 0.15) is 11.7 Å². The quantitative estimate of drug-likeness (QED) is 0.0622. The van der Waals surface area contributed by atoms with Gasteiger partial charge in [-0.3, -0.25) is 18.5 Å². The molecule has 4 aromatic carbocycles. The van der Waals surface area contributed by atoms with E-state index in [4.69, 9.17) is 22.6 Å². The Kier molecular flexibility index (Phi) is 12.7. The van der Waals surface area contributed by atoms with Gasteiger partial charge >= 0.3 is 5.69 Å². The molecule has 0 aliphatic carbocycles. The van der Waals surface area contributed by atoms with E-state index in [9.17, 15) is 18.0 Å². The number of aromatic amines is 1. The first-order valence-corrected chi connectivity index (χ1v) is 23.8. The van der Waals surface area contributed by atoms with Gasteiger partial charge in [-0.25, -0.2) is 4.79 Å². The highest BCUT2D eigenvalue weighted by atomic mass is 32.2. The van der Waals surface area contributed by atoms with Gasteiger partial charge in [0.05, 0.1) is 6.26 Å². The van der Waals surface area contributed by atoms with Gasteiger partial charge in [-0.15, -0.1) is 5.16 Å². The standard InChI is InChI=1S/C44H51N3O9SSi2/c1-41(2,3)58-56-44(32-21-13-9-14-22-32,33-23-15-10-16-24-33)43(31-52-45-7)38(37(54-57(8,50)51)39(53-43)47-30-29-36(48)46-40(47)49)55-59(42(4,5)6,34-25-17-11-18-26-34)35-27-19-12-20-28-35/h9-30,37-39H,7,31H2,1-6,8H3,(H,46,48,49). The van der Waals surface area contributed by atoms with Crippen LogP contribution in [0.3, 0.4) is 0 Å². The van der Waals surface area contributed by atoms with Crippen LogP contribution in [0.25, 0.3) is 0 Å². The van der Waals surface area contributed by atoms with Crippen molar-refractivity contribution in [1.82, 2.24) is 9.55 Å². The highest BCUT2D eigenvalue weighted by Gasteiger charge is 2.72. The topological polar surface area (TPSA) is 148 Å². The molecular weight excluding hydrogens is 803 g/mol. The molecule has 0 spiro atoms. The summed E-state index contributed by atoms with van der Waals surface area (Å²) in [6.07, 6.45) is -2.42. The van der Waals surface area contributed by atoms with Gasteiger partial charge in [0.2, 0.25) is 9.76 Å². The van der Waals surface area contributed by atoms with Gasteiger partial charge in [-0.05, 0) is 31.6 Å². The molecule has 0 bridgehead atoms. The van der Waals surface area contributed by atoms with Gasteiger partial charge in [0, 0.05) is 19.0 Å². The molecule has 2 radical (unpaired) electrons. The Bertz CT molecular complexity index is 2340. The first-order valence-electron chi connectivity index (χ1n) is 19.2. The summed E-state index contributed by atoms with van der Waals surface area (Å²) in [6, 6.07) is 39.7. The van der Waals surface area contributed by atoms with Gasteiger partial charge in [-0.1, -0.05) is 163 Å². The van der Waals surface area contributed by atoms with Crippen LogP contribution in [0.1, 0.15) is 58.9 Å². The zero-order valence-electron chi connectivity index (χ0n) is 34.3. The number of aromatic nitrogens is 2. The predicted molar refractivity (Wildman–Crippen MR) is 232 cm³/mol. The smallest absolute Gasteiger partial charge is 0.330 e. The molecule has 4 atom stereocenters. The van der Waals surface area contributed by atoms with Gasteiger partial charge in [0.25, 0.3) is 24.0 Å². The lowest BCUT2D eigenvalue weighted by atomic mass is 9.70. The molecule has 5 aromatic rings. The van der Waals surface area contributed by atoms with E-state index in [1.807, 2.05) is 142 Å². The van der Waals surface area contributed by atoms with Crippen LogP contribution in [-0.2, 0) is 38.3 Å². The molecule has 15 heteroatoms. The third kappa shape index (κ3) is 8.64. The fraction of sp³-hybridized carbons (Fsp3) is 0.341. The molecule has 12 nitrogen and oxygen atoms in total. The summed E-state index contributed by atoms with van der Waals surface area (Å²) in [4.78, 5) is 34.8. The first-order chi connectivity index (χ1) is 27.9. The zero-order chi connectivity index (χ0) is 42.7. The first kappa shape index (κ1) is 43.8. The summed E-state index contributed by atoms with van der Waals surface area (Å²) in [5.41, 5.74) is -3.97. The number of oxime groups is 1. The molecule has 1 aromatic heterocycles. The van der Waals surface area contributed by atoms with E-state index in [1.165, 1.54) is 6.20 Å². The predicted octanol–water partition coefficient (Wildman–Crippen LogP) is 5.52. The second-order valence-electron chi connectivity index (χ2n) is 16.7. The normalized spacial score (nSPS) is 20.3. The maximum Gasteiger partial charge on any atom is 0.330 e. The van der Waals surface area contributed by atoms with Crippen LogP contribution in [0.2, 0.25) is 10.1 Å². The van der Waals surface area contributed by atoms with Crippen molar-refractivity contribution < 1.29 is 31.0 Å². The minimum atomic E-state index is -4.35. The van der Waals surface area contributed by atoms with Crippen molar-refractivity contribution in [3.63, 3.8) is 0 Å². The van der Waals surface area contributed by atoms with E-state index in [0.717, 1.165) is 27.3 Å². The van der Waals surface area contributed by atoms with Crippen molar-refractivity contribution in [2.24, 2.45) is 5.16 Å². The lowest BCUT2D eigenvalue weighted by Gasteiger charge is -2.53. The van der Waals surface area contributed by atoms with Crippen molar-refractivity contribution in [3.05, 3.63) is 166 Å². The summed E-state index contributed by atoms with van der Waals surface area (Å²) >= 11 is 0. The number of nitrogens with one attached hydrogen (secondary N) is 1. The Morgan fingerprint density at radius 2 is 1.31 bits per heavy atom. The second kappa shape index (κ2) is 17.1. The van der Waals surface area contributed by atoms with Crippen LogP contribution in [0.4, 0.5) is 0 Å². The minimum absolute atomic E-state index is 0.196. The number of ether oxygens (including phenoxy) is 1. The van der Waals surface area contributed by atoms with E-state index >= 15 is 0 Å². The van der Waals surface area contributed by atoms with E-state index in [2.05, 4.69) is 37.6 Å². The molecule has 1 N–H and O–H groups in total. The molecule has 1 aliphatic heterocycles. The molecule has 310 valence electrons. The van der Waals surface area contributed by atoms with Crippen molar-refractivity contribution in [1.29, 1.82) is 0 Å². The molecular formula is C44H51N3O9SSi2. The third-order valence-electron chi connectivity index (χ3n) is 10.3. The summed E-state index contributed by atoms with van der Waals surface area (Å²) in [7, 11) is -8.25. The Labute approximate surface area is 349 Å². The lowest BCUT2D eigenvalue weighted by molar-refractivity contribution is -0.216. The average molecular weight is 854 g/mol. The minimum Gasteiger partial charge on any atom is -0.401 e. The zero-order valence-corrected chi connectivity index (χ0v) is 37.1. The largest absolute Gasteiger partial charge is 0.401 e. The Morgan fingerprint density at radius 3 is 1.73 bits per heavy atom. The van der Waals surface area contributed by atoms with E-state index < -0.39 is 76.0 Å². The maximum atomic E-state index is 13.9. The molecule has 1 saturated heterocycles. The molecule has 4 unspecified atom stereocenters. The monoisotopic (exact) mass is 853 g/mol. The second-order valence-corrected chi connectivity index (χ2v) is 24.4. The Balaban J connectivity index is 1.85. The van der Waals surface area contributed by atoms with Gasteiger partial charge in [0.15, 0.2) is 24.5 Å². The molecule has 1 fully saturated rings. The van der Waals surface area contributed by atoms with E-state index in [-0.39, 0.29) is 9.76 Å². The summed E-state index contributed by atoms with van der Waals surface area (Å²) in [6.45, 7) is 15.6. The molecule has 0 amide bonds.